The van der Waals surface area contributed by atoms with Gasteiger partial charge in [0.25, 0.3) is 5.91 Å². The Labute approximate surface area is 140 Å². The number of amides is 3. The number of carbonyl (C=O) groups is 2. The van der Waals surface area contributed by atoms with Crippen LogP contribution in [0.4, 0.5) is 4.79 Å². The highest BCUT2D eigenvalue weighted by Crippen LogP contribution is 2.30. The van der Waals surface area contributed by atoms with Crippen LogP contribution in [0.25, 0.3) is 10.8 Å². The molecule has 4 rings (SSSR count). The van der Waals surface area contributed by atoms with Crippen LogP contribution in [0.2, 0.25) is 0 Å². The smallest absolute Gasteiger partial charge is 0.325 e. The van der Waals surface area contributed by atoms with Gasteiger partial charge in [0.05, 0.1) is 23.4 Å². The van der Waals surface area contributed by atoms with Gasteiger partial charge in [0, 0.05) is 0 Å². The average Bonchev–Trinajstić information content (AvgIpc) is 3.34. The molecule has 24 heavy (non-hydrogen) atoms. The van der Waals surface area contributed by atoms with Crippen molar-refractivity contribution in [2.24, 2.45) is 0 Å². The summed E-state index contributed by atoms with van der Waals surface area (Å²) in [5, 5.41) is 4.60. The predicted molar refractivity (Wildman–Crippen MR) is 85.0 cm³/mol. The normalized spacial score (nSPS) is 20.6. The first-order valence-corrected chi connectivity index (χ1v) is 8.12. The van der Waals surface area contributed by atoms with Gasteiger partial charge in [-0.15, -0.1) is 11.3 Å². The Bertz CT molecular complexity index is 884. The van der Waals surface area contributed by atoms with Crippen LogP contribution in [-0.2, 0) is 16.9 Å². The molecule has 1 aliphatic rings. The van der Waals surface area contributed by atoms with E-state index >= 15 is 0 Å². The molecular weight excluding hydrogens is 330 g/mol. The summed E-state index contributed by atoms with van der Waals surface area (Å²) in [5.74, 6) is 0.478. The number of nitrogens with one attached hydrogen (secondary N) is 1. The number of imide groups is 1. The second-order valence-electron chi connectivity index (χ2n) is 5.55. The van der Waals surface area contributed by atoms with E-state index in [2.05, 4.69) is 10.3 Å². The van der Waals surface area contributed by atoms with Crippen molar-refractivity contribution in [3.05, 3.63) is 53.6 Å². The third kappa shape index (κ3) is 2.23. The van der Waals surface area contributed by atoms with Gasteiger partial charge in [-0.05, 0) is 30.5 Å². The highest BCUT2D eigenvalue weighted by molar-refractivity contribution is 7.13. The van der Waals surface area contributed by atoms with E-state index in [-0.39, 0.29) is 12.5 Å². The van der Waals surface area contributed by atoms with Gasteiger partial charge in [0.2, 0.25) is 5.89 Å². The minimum Gasteiger partial charge on any atom is -0.466 e. The van der Waals surface area contributed by atoms with Crippen molar-refractivity contribution in [2.75, 3.05) is 0 Å². The number of aromatic nitrogens is 1. The molecule has 3 amide bonds. The lowest BCUT2D eigenvalue weighted by Crippen LogP contribution is -2.40. The zero-order valence-corrected chi connectivity index (χ0v) is 13.5. The van der Waals surface area contributed by atoms with E-state index in [1.54, 1.807) is 19.1 Å². The van der Waals surface area contributed by atoms with Crippen LogP contribution in [-0.4, -0.2) is 21.8 Å². The Morgan fingerprint density at radius 2 is 2.17 bits per heavy atom. The van der Waals surface area contributed by atoms with Gasteiger partial charge in [-0.3, -0.25) is 9.69 Å². The van der Waals surface area contributed by atoms with E-state index in [0.29, 0.717) is 17.3 Å². The van der Waals surface area contributed by atoms with Crippen LogP contribution >= 0.6 is 11.3 Å². The van der Waals surface area contributed by atoms with Crippen LogP contribution < -0.4 is 5.32 Å². The van der Waals surface area contributed by atoms with Crippen molar-refractivity contribution in [1.29, 1.82) is 0 Å². The van der Waals surface area contributed by atoms with Gasteiger partial charge >= 0.3 is 6.03 Å². The van der Waals surface area contributed by atoms with Crippen molar-refractivity contribution in [3.63, 3.8) is 0 Å². The summed E-state index contributed by atoms with van der Waals surface area (Å²) >= 11 is 1.50. The van der Waals surface area contributed by atoms with Gasteiger partial charge in [-0.1, -0.05) is 6.07 Å². The molecule has 3 aromatic heterocycles. The fourth-order valence-corrected chi connectivity index (χ4v) is 3.28. The largest absolute Gasteiger partial charge is 0.466 e. The third-order valence-corrected chi connectivity index (χ3v) is 4.75. The Balaban J connectivity index is 1.57. The SMILES string of the molecule is CC1(c2ccco2)NC(=O)N(Cc2coc(-c3cccs3)n2)C1=O. The summed E-state index contributed by atoms with van der Waals surface area (Å²) < 4.78 is 10.7. The van der Waals surface area contributed by atoms with Crippen LogP contribution in [0.1, 0.15) is 18.4 Å². The van der Waals surface area contributed by atoms with Crippen molar-refractivity contribution in [3.8, 4) is 10.8 Å². The van der Waals surface area contributed by atoms with E-state index in [1.807, 2.05) is 17.5 Å². The van der Waals surface area contributed by atoms with Gasteiger partial charge < -0.3 is 14.2 Å². The lowest BCUT2D eigenvalue weighted by atomic mass is 9.99. The second kappa shape index (κ2) is 5.34. The highest BCUT2D eigenvalue weighted by Gasteiger charge is 2.51. The molecule has 1 aliphatic heterocycles. The number of rotatable bonds is 4. The fraction of sp³-hybridized carbons (Fsp3) is 0.188. The molecule has 0 radical (unpaired) electrons. The molecule has 0 saturated carbocycles. The molecule has 1 atom stereocenters. The predicted octanol–water partition coefficient (Wildman–Crippen LogP) is 2.96. The Kier molecular flexibility index (Phi) is 3.27. The number of furan rings is 1. The first kappa shape index (κ1) is 14.7. The molecule has 0 spiro atoms. The molecular formula is C16H13N3O4S. The quantitative estimate of drug-likeness (QED) is 0.736. The first-order valence-electron chi connectivity index (χ1n) is 7.24. The monoisotopic (exact) mass is 343 g/mol. The number of carbonyl (C=O) groups excluding carboxylic acids is 2. The average molecular weight is 343 g/mol. The Hall–Kier alpha value is -2.87. The number of oxazole rings is 1. The molecule has 8 heteroatoms. The van der Waals surface area contributed by atoms with Crippen molar-refractivity contribution >= 4 is 23.3 Å². The maximum atomic E-state index is 12.7. The fourth-order valence-electron chi connectivity index (χ4n) is 2.63. The summed E-state index contributed by atoms with van der Waals surface area (Å²) in [7, 11) is 0. The molecule has 0 bridgehead atoms. The summed E-state index contributed by atoms with van der Waals surface area (Å²) in [6, 6.07) is 6.64. The van der Waals surface area contributed by atoms with E-state index < -0.39 is 11.6 Å². The molecule has 0 aromatic carbocycles. The van der Waals surface area contributed by atoms with Crippen molar-refractivity contribution in [2.45, 2.75) is 19.0 Å². The lowest BCUT2D eigenvalue weighted by molar-refractivity contribution is -0.132. The minimum atomic E-state index is -1.21. The van der Waals surface area contributed by atoms with Crippen LogP contribution in [0, 0.1) is 0 Å². The van der Waals surface area contributed by atoms with Gasteiger partial charge in [0.1, 0.15) is 12.0 Å². The zero-order chi connectivity index (χ0) is 16.7. The van der Waals surface area contributed by atoms with Crippen molar-refractivity contribution < 1.29 is 18.4 Å². The maximum Gasteiger partial charge on any atom is 0.325 e. The second-order valence-corrected chi connectivity index (χ2v) is 6.49. The summed E-state index contributed by atoms with van der Waals surface area (Å²) in [4.78, 5) is 31.3. The van der Waals surface area contributed by atoms with Gasteiger partial charge in [0.15, 0.2) is 5.54 Å². The standard InChI is InChI=1S/C16H13N3O4S/c1-16(12-5-2-6-22-12)14(20)19(15(21)18-16)8-10-9-23-13(17-10)11-4-3-7-24-11/h2-7,9H,8H2,1H3,(H,18,21). The molecule has 3 aromatic rings. The van der Waals surface area contributed by atoms with Gasteiger partial charge in [-0.2, -0.15) is 0 Å². The number of hydrogen-bond acceptors (Lipinski definition) is 6. The van der Waals surface area contributed by atoms with Crippen LogP contribution in [0.15, 0.2) is 51.0 Å². The van der Waals surface area contributed by atoms with E-state index in [4.69, 9.17) is 8.83 Å². The van der Waals surface area contributed by atoms with Crippen LogP contribution in [0.5, 0.6) is 0 Å². The molecule has 0 aliphatic carbocycles. The van der Waals surface area contributed by atoms with E-state index in [1.165, 1.54) is 23.9 Å². The number of nitrogens with zero attached hydrogens (tertiary/aromatic N) is 2. The topological polar surface area (TPSA) is 88.6 Å². The van der Waals surface area contributed by atoms with E-state index in [0.717, 1.165) is 9.78 Å². The number of urea groups is 1. The summed E-state index contributed by atoms with van der Waals surface area (Å²) in [6.07, 6.45) is 2.92. The Morgan fingerprint density at radius 1 is 1.29 bits per heavy atom. The van der Waals surface area contributed by atoms with E-state index in [9.17, 15) is 9.59 Å². The maximum absolute atomic E-state index is 12.7. The zero-order valence-electron chi connectivity index (χ0n) is 12.7. The number of hydrogen-bond donors (Lipinski definition) is 1. The molecule has 1 unspecified atom stereocenters. The number of thiophene rings is 1. The molecule has 122 valence electrons. The molecule has 1 N–H and O–H groups in total. The molecule has 1 fully saturated rings. The molecule has 1 saturated heterocycles. The third-order valence-electron chi connectivity index (χ3n) is 3.89. The minimum absolute atomic E-state index is 0.0375. The van der Waals surface area contributed by atoms with Crippen LogP contribution in [0.3, 0.4) is 0 Å². The van der Waals surface area contributed by atoms with Gasteiger partial charge in [-0.25, -0.2) is 9.78 Å². The summed E-state index contributed by atoms with van der Waals surface area (Å²) in [5.41, 5.74) is -0.702. The molecule has 4 heterocycles. The lowest BCUT2D eigenvalue weighted by Gasteiger charge is -2.18. The summed E-state index contributed by atoms with van der Waals surface area (Å²) in [6.45, 7) is 1.65. The highest BCUT2D eigenvalue weighted by atomic mass is 32.1. The molecule has 7 nitrogen and oxygen atoms in total. The first-order chi connectivity index (χ1) is 11.6. The van der Waals surface area contributed by atoms with Crippen molar-refractivity contribution in [1.82, 2.24) is 15.2 Å². The Morgan fingerprint density at radius 3 is 2.88 bits per heavy atom.